The van der Waals surface area contributed by atoms with Gasteiger partial charge in [0.15, 0.2) is 9.84 Å². The summed E-state index contributed by atoms with van der Waals surface area (Å²) in [5.74, 6) is 0.174. The first-order valence-electron chi connectivity index (χ1n) is 10.4. The maximum Gasteiger partial charge on any atom is 0.254 e. The fourth-order valence-corrected chi connectivity index (χ4v) is 4.44. The van der Waals surface area contributed by atoms with Crippen LogP contribution >= 0.6 is 0 Å². The number of nitrogens with one attached hydrogen (secondary N) is 1. The van der Waals surface area contributed by atoms with Crippen molar-refractivity contribution in [1.29, 1.82) is 0 Å². The zero-order valence-electron chi connectivity index (χ0n) is 18.2. The summed E-state index contributed by atoms with van der Waals surface area (Å²) in [4.78, 5) is 26.7. The number of hydrogen-bond donors (Lipinski definition) is 2. The van der Waals surface area contributed by atoms with Gasteiger partial charge in [-0.05, 0) is 49.2 Å². The fourth-order valence-electron chi connectivity index (χ4n) is 3.81. The van der Waals surface area contributed by atoms with Gasteiger partial charge >= 0.3 is 0 Å². The zero-order chi connectivity index (χ0) is 23.0. The van der Waals surface area contributed by atoms with Gasteiger partial charge < -0.3 is 14.8 Å². The predicted octanol–water partition coefficient (Wildman–Crippen LogP) is 2.36. The molecular weight excluding hydrogens is 432 g/mol. The normalized spacial score (nSPS) is 18.3. The number of ether oxygens (including phenoxy) is 1. The topological polar surface area (TPSA) is 125 Å². The Morgan fingerprint density at radius 2 is 2.03 bits per heavy atom. The summed E-state index contributed by atoms with van der Waals surface area (Å²) in [6, 6.07) is 8.54. The highest BCUT2D eigenvalue weighted by Crippen LogP contribution is 2.31. The number of hydrogen-bond acceptors (Lipinski definition) is 7. The Labute approximate surface area is 186 Å². The van der Waals surface area contributed by atoms with Crippen LogP contribution < -0.4 is 4.90 Å². The number of sulfone groups is 1. The highest BCUT2D eigenvalue weighted by Gasteiger charge is 2.31. The molecule has 1 aliphatic heterocycles. The average Bonchev–Trinajstić information content (AvgIpc) is 3.19. The van der Waals surface area contributed by atoms with Crippen LogP contribution in [0.3, 0.4) is 0 Å². The van der Waals surface area contributed by atoms with Crippen LogP contribution in [-0.4, -0.2) is 59.9 Å². The number of carbonyl (C=O) groups is 1. The maximum absolute atomic E-state index is 12.7. The molecule has 9 nitrogen and oxygen atoms in total. The lowest BCUT2D eigenvalue weighted by Gasteiger charge is -2.34. The minimum Gasteiger partial charge on any atom is -0.390 e. The molecule has 0 radical (unpaired) electrons. The molecule has 0 bridgehead atoms. The molecular formula is C22H26N4O5S. The summed E-state index contributed by atoms with van der Waals surface area (Å²) < 4.78 is 30.0. The largest absolute Gasteiger partial charge is 0.390 e. The van der Waals surface area contributed by atoms with E-state index in [9.17, 15) is 18.3 Å². The number of aliphatic hydroxyl groups is 1. The molecule has 1 fully saturated rings. The SMILES string of the molecule is CCC1COCC(=O)N1c1cc(C(C)S(C)(=O)=O)cc(-c2ccc3[nH]c(CO)cc3n2)n1. The molecule has 3 aromatic rings. The third-order valence-corrected chi connectivity index (χ3v) is 7.35. The van der Waals surface area contributed by atoms with Crippen LogP contribution in [0.5, 0.6) is 0 Å². The summed E-state index contributed by atoms with van der Waals surface area (Å²) >= 11 is 0. The summed E-state index contributed by atoms with van der Waals surface area (Å²) in [5.41, 5.74) is 3.61. The number of morpholine rings is 1. The van der Waals surface area contributed by atoms with Gasteiger partial charge in [0.1, 0.15) is 12.4 Å². The Morgan fingerprint density at radius 3 is 2.72 bits per heavy atom. The lowest BCUT2D eigenvalue weighted by Crippen LogP contribution is -2.49. The second-order valence-electron chi connectivity index (χ2n) is 8.04. The number of aliphatic hydroxyl groups excluding tert-OH is 1. The molecule has 170 valence electrons. The van der Waals surface area contributed by atoms with E-state index in [0.29, 0.717) is 47.0 Å². The van der Waals surface area contributed by atoms with Crippen molar-refractivity contribution in [3.63, 3.8) is 0 Å². The molecule has 0 spiro atoms. The van der Waals surface area contributed by atoms with Crippen molar-refractivity contribution in [1.82, 2.24) is 15.0 Å². The van der Waals surface area contributed by atoms with Gasteiger partial charge in [-0.1, -0.05) is 6.92 Å². The van der Waals surface area contributed by atoms with E-state index >= 15 is 0 Å². The molecule has 0 saturated carbocycles. The zero-order valence-corrected chi connectivity index (χ0v) is 19.0. The van der Waals surface area contributed by atoms with E-state index < -0.39 is 15.1 Å². The molecule has 2 N–H and O–H groups in total. The lowest BCUT2D eigenvalue weighted by molar-refractivity contribution is -0.127. The Morgan fingerprint density at radius 1 is 1.25 bits per heavy atom. The third-order valence-electron chi connectivity index (χ3n) is 5.80. The number of aromatic amines is 1. The minimum absolute atomic E-state index is 0.0448. The first kappa shape index (κ1) is 22.4. The first-order valence-corrected chi connectivity index (χ1v) is 12.4. The predicted molar refractivity (Wildman–Crippen MR) is 121 cm³/mol. The minimum atomic E-state index is -3.38. The van der Waals surface area contributed by atoms with Crippen molar-refractivity contribution in [3.05, 3.63) is 41.6 Å². The number of pyridine rings is 2. The van der Waals surface area contributed by atoms with E-state index in [1.165, 1.54) is 6.26 Å². The summed E-state index contributed by atoms with van der Waals surface area (Å²) in [5, 5.41) is 8.60. The second-order valence-corrected chi connectivity index (χ2v) is 10.4. The van der Waals surface area contributed by atoms with Crippen LogP contribution in [0.2, 0.25) is 0 Å². The lowest BCUT2D eigenvalue weighted by atomic mass is 10.1. The monoisotopic (exact) mass is 458 g/mol. The van der Waals surface area contributed by atoms with Crippen molar-refractivity contribution in [3.8, 4) is 11.4 Å². The van der Waals surface area contributed by atoms with E-state index in [4.69, 9.17) is 9.72 Å². The van der Waals surface area contributed by atoms with Gasteiger partial charge in [-0.3, -0.25) is 9.69 Å². The van der Waals surface area contributed by atoms with Gasteiger partial charge in [0.25, 0.3) is 5.91 Å². The van der Waals surface area contributed by atoms with Gasteiger partial charge in [0, 0.05) is 11.9 Å². The number of anilines is 1. The average molecular weight is 459 g/mol. The van der Waals surface area contributed by atoms with Crippen LogP contribution in [0.4, 0.5) is 5.82 Å². The number of nitrogens with zero attached hydrogens (tertiary/aromatic N) is 3. The van der Waals surface area contributed by atoms with E-state index in [1.54, 1.807) is 36.1 Å². The Bertz CT molecular complexity index is 1270. The number of amides is 1. The smallest absolute Gasteiger partial charge is 0.254 e. The van der Waals surface area contributed by atoms with E-state index in [1.807, 2.05) is 13.0 Å². The molecule has 0 aromatic carbocycles. The molecule has 10 heteroatoms. The molecule has 32 heavy (non-hydrogen) atoms. The number of fused-ring (bicyclic) bond motifs is 1. The summed E-state index contributed by atoms with van der Waals surface area (Å²) in [7, 11) is -3.38. The molecule has 4 heterocycles. The molecule has 2 unspecified atom stereocenters. The molecule has 1 amide bonds. The van der Waals surface area contributed by atoms with Crippen LogP contribution in [-0.2, 0) is 26.0 Å². The quantitative estimate of drug-likeness (QED) is 0.581. The van der Waals surface area contributed by atoms with Crippen molar-refractivity contribution < 1.29 is 23.1 Å². The van der Waals surface area contributed by atoms with E-state index in [2.05, 4.69) is 9.97 Å². The van der Waals surface area contributed by atoms with Crippen molar-refractivity contribution in [2.24, 2.45) is 0 Å². The van der Waals surface area contributed by atoms with Gasteiger partial charge in [-0.15, -0.1) is 0 Å². The molecule has 1 saturated heterocycles. The van der Waals surface area contributed by atoms with Gasteiger partial charge in [0.05, 0.1) is 46.9 Å². The van der Waals surface area contributed by atoms with Crippen LogP contribution in [0.25, 0.3) is 22.4 Å². The number of rotatable bonds is 6. The summed E-state index contributed by atoms with van der Waals surface area (Å²) in [6.45, 7) is 3.79. The highest BCUT2D eigenvalue weighted by atomic mass is 32.2. The fraction of sp³-hybridized carbons (Fsp3) is 0.409. The van der Waals surface area contributed by atoms with Gasteiger partial charge in [0.2, 0.25) is 0 Å². The highest BCUT2D eigenvalue weighted by molar-refractivity contribution is 7.90. The first-order chi connectivity index (χ1) is 15.2. The molecule has 2 atom stereocenters. The van der Waals surface area contributed by atoms with Crippen LogP contribution in [0.1, 0.15) is 36.8 Å². The van der Waals surface area contributed by atoms with Crippen molar-refractivity contribution in [2.75, 3.05) is 24.4 Å². The van der Waals surface area contributed by atoms with Gasteiger partial charge in [-0.2, -0.15) is 0 Å². The Kier molecular flexibility index (Phi) is 6.02. The number of carbonyl (C=O) groups excluding carboxylic acids is 1. The Balaban J connectivity index is 1.88. The Hall–Kier alpha value is -2.82. The third kappa shape index (κ3) is 4.25. The molecule has 4 rings (SSSR count). The number of aromatic nitrogens is 3. The van der Waals surface area contributed by atoms with E-state index in [0.717, 1.165) is 5.52 Å². The van der Waals surface area contributed by atoms with E-state index in [-0.39, 0.29) is 25.2 Å². The molecule has 0 aliphatic carbocycles. The molecule has 1 aliphatic rings. The number of H-pyrrole nitrogens is 1. The van der Waals surface area contributed by atoms with Crippen molar-refractivity contribution in [2.45, 2.75) is 38.2 Å². The van der Waals surface area contributed by atoms with Crippen LogP contribution in [0.15, 0.2) is 30.3 Å². The summed E-state index contributed by atoms with van der Waals surface area (Å²) in [6.07, 6.45) is 1.86. The maximum atomic E-state index is 12.7. The van der Waals surface area contributed by atoms with Gasteiger partial charge in [-0.25, -0.2) is 18.4 Å². The van der Waals surface area contributed by atoms with Crippen LogP contribution in [0, 0.1) is 0 Å². The standard InChI is InChI=1S/C22H26N4O5S/c1-4-16-11-31-12-22(28)26(16)21-8-14(13(2)32(3,29)30)7-19(25-21)18-6-5-17-20(24-18)9-15(10-27)23-17/h5-9,13,16,23,27H,4,10-12H2,1-3H3. The van der Waals surface area contributed by atoms with Crippen molar-refractivity contribution >= 4 is 32.6 Å². The molecule has 3 aromatic heterocycles. The second kappa shape index (κ2) is 8.61.